The van der Waals surface area contributed by atoms with Gasteiger partial charge in [-0.3, -0.25) is 4.90 Å². The largest absolute Gasteiger partial charge is 0.442 e. The highest BCUT2D eigenvalue weighted by molar-refractivity contribution is 5.70. The van der Waals surface area contributed by atoms with Gasteiger partial charge in [0.15, 0.2) is 0 Å². The van der Waals surface area contributed by atoms with Crippen molar-refractivity contribution in [2.45, 2.75) is 39.1 Å². The van der Waals surface area contributed by atoms with Gasteiger partial charge in [0.25, 0.3) is 0 Å². The van der Waals surface area contributed by atoms with Crippen LogP contribution < -0.4 is 14.5 Å². The van der Waals surface area contributed by atoms with Gasteiger partial charge >= 0.3 is 12.7 Å². The lowest BCUT2D eigenvalue weighted by molar-refractivity contribution is -0.0528. The first-order chi connectivity index (χ1) is 15.0. The zero-order chi connectivity index (χ0) is 21.5. The van der Waals surface area contributed by atoms with Crippen LogP contribution in [0.1, 0.15) is 23.5 Å². The van der Waals surface area contributed by atoms with E-state index < -0.39 is 6.61 Å². The van der Waals surface area contributed by atoms with Crippen LogP contribution in [0.2, 0.25) is 0 Å². The fourth-order valence-corrected chi connectivity index (χ4v) is 3.97. The molecule has 3 aliphatic rings. The second-order valence-electron chi connectivity index (χ2n) is 7.86. The molecule has 9 nitrogen and oxygen atoms in total. The first kappa shape index (κ1) is 19.7. The molecule has 0 saturated carbocycles. The number of ether oxygens (including phenoxy) is 2. The predicted octanol–water partition coefficient (Wildman–Crippen LogP) is 2.33. The van der Waals surface area contributed by atoms with Crippen molar-refractivity contribution in [3.8, 4) is 5.88 Å². The SMILES string of the molecule is Cc1nc2c(c(N3CCC3)n1)CN(C(=O)OC1CN(c3ccnc(OC(F)F)c3)C1)C2. The number of pyridine rings is 1. The average molecular weight is 432 g/mol. The number of anilines is 2. The number of nitrogens with zero attached hydrogens (tertiary/aromatic N) is 6. The van der Waals surface area contributed by atoms with Crippen LogP contribution in [0.5, 0.6) is 5.88 Å². The van der Waals surface area contributed by atoms with E-state index >= 15 is 0 Å². The fraction of sp³-hybridized carbons (Fsp3) is 0.500. The lowest BCUT2D eigenvalue weighted by Crippen LogP contribution is -2.54. The number of hydrogen-bond acceptors (Lipinski definition) is 8. The molecule has 5 heterocycles. The van der Waals surface area contributed by atoms with Gasteiger partial charge in [-0.2, -0.15) is 8.78 Å². The molecule has 31 heavy (non-hydrogen) atoms. The zero-order valence-corrected chi connectivity index (χ0v) is 17.0. The summed E-state index contributed by atoms with van der Waals surface area (Å²) in [6, 6.07) is 3.14. The van der Waals surface area contributed by atoms with Gasteiger partial charge in [-0.1, -0.05) is 0 Å². The van der Waals surface area contributed by atoms with E-state index in [1.54, 1.807) is 11.0 Å². The number of amides is 1. The molecule has 3 aliphatic heterocycles. The maximum absolute atomic E-state index is 12.7. The van der Waals surface area contributed by atoms with Gasteiger partial charge in [0.2, 0.25) is 5.88 Å². The van der Waals surface area contributed by atoms with Crippen LogP contribution in [0.15, 0.2) is 18.3 Å². The summed E-state index contributed by atoms with van der Waals surface area (Å²) in [6.07, 6.45) is 1.90. The Morgan fingerprint density at radius 1 is 1.19 bits per heavy atom. The normalized spacial score (nSPS) is 18.0. The molecule has 0 unspecified atom stereocenters. The molecule has 0 N–H and O–H groups in total. The Bertz CT molecular complexity index is 997. The second-order valence-corrected chi connectivity index (χ2v) is 7.86. The monoisotopic (exact) mass is 432 g/mol. The van der Waals surface area contributed by atoms with E-state index in [0.29, 0.717) is 37.7 Å². The van der Waals surface area contributed by atoms with E-state index in [4.69, 9.17) is 4.74 Å². The van der Waals surface area contributed by atoms with Crippen LogP contribution in [0.3, 0.4) is 0 Å². The summed E-state index contributed by atoms with van der Waals surface area (Å²) in [7, 11) is 0. The number of carbonyl (C=O) groups is 1. The van der Waals surface area contributed by atoms with Crippen molar-refractivity contribution in [3.05, 3.63) is 35.4 Å². The molecule has 0 bridgehead atoms. The van der Waals surface area contributed by atoms with Crippen LogP contribution >= 0.6 is 0 Å². The van der Waals surface area contributed by atoms with E-state index in [0.717, 1.165) is 36.6 Å². The fourth-order valence-electron chi connectivity index (χ4n) is 3.97. The van der Waals surface area contributed by atoms with Crippen molar-refractivity contribution < 1.29 is 23.0 Å². The molecule has 5 rings (SSSR count). The van der Waals surface area contributed by atoms with Crippen molar-refractivity contribution in [2.24, 2.45) is 0 Å². The summed E-state index contributed by atoms with van der Waals surface area (Å²) in [5, 5.41) is 0. The second kappa shape index (κ2) is 7.78. The first-order valence-electron chi connectivity index (χ1n) is 10.2. The standard InChI is InChI=1S/C20H22F2N6O3/c1-12-24-16-11-28(10-15(16)18(25-12)26-5-2-6-26)20(29)30-14-8-27(9-14)13-3-4-23-17(7-13)31-19(21)22/h3-4,7,14,19H,2,5-6,8-11H2,1H3. The Morgan fingerprint density at radius 3 is 2.71 bits per heavy atom. The van der Waals surface area contributed by atoms with E-state index in [1.165, 1.54) is 12.3 Å². The van der Waals surface area contributed by atoms with Gasteiger partial charge in [-0.15, -0.1) is 0 Å². The predicted molar refractivity (Wildman–Crippen MR) is 106 cm³/mol. The number of rotatable bonds is 5. The van der Waals surface area contributed by atoms with Gasteiger partial charge in [0, 0.05) is 36.6 Å². The summed E-state index contributed by atoms with van der Waals surface area (Å²) in [5.74, 6) is 1.49. The number of halogens is 2. The zero-order valence-electron chi connectivity index (χ0n) is 17.0. The molecule has 0 atom stereocenters. The van der Waals surface area contributed by atoms with E-state index in [9.17, 15) is 13.6 Å². The molecule has 164 valence electrons. The van der Waals surface area contributed by atoms with Gasteiger partial charge in [-0.25, -0.2) is 19.7 Å². The summed E-state index contributed by atoms with van der Waals surface area (Å²) in [4.78, 5) is 31.3. The minimum absolute atomic E-state index is 0.141. The highest BCUT2D eigenvalue weighted by Crippen LogP contribution is 2.32. The lowest BCUT2D eigenvalue weighted by atomic mass is 10.1. The molecule has 1 amide bonds. The molecule has 0 radical (unpaired) electrons. The van der Waals surface area contributed by atoms with Crippen molar-refractivity contribution >= 4 is 17.6 Å². The maximum atomic E-state index is 12.7. The van der Waals surface area contributed by atoms with Crippen LogP contribution in [-0.4, -0.2) is 64.8 Å². The molecule has 2 saturated heterocycles. The average Bonchev–Trinajstić information content (AvgIpc) is 3.06. The van der Waals surface area contributed by atoms with Crippen molar-refractivity contribution in [2.75, 3.05) is 36.0 Å². The topological polar surface area (TPSA) is 83.9 Å². The Kier molecular flexibility index (Phi) is 4.95. The number of fused-ring (bicyclic) bond motifs is 1. The van der Waals surface area contributed by atoms with Gasteiger partial charge in [0.05, 0.1) is 31.9 Å². The van der Waals surface area contributed by atoms with Gasteiger partial charge < -0.3 is 19.3 Å². The molecule has 2 aromatic heterocycles. The molecule has 0 spiro atoms. The number of hydrogen-bond donors (Lipinski definition) is 0. The summed E-state index contributed by atoms with van der Waals surface area (Å²) in [6.45, 7) is 2.69. The minimum Gasteiger partial charge on any atom is -0.442 e. The molecule has 0 aliphatic carbocycles. The van der Waals surface area contributed by atoms with Crippen LogP contribution in [0.4, 0.5) is 25.1 Å². The molecule has 2 fully saturated rings. The molecule has 11 heteroatoms. The third-order valence-electron chi connectivity index (χ3n) is 5.70. The molecule has 2 aromatic rings. The van der Waals surface area contributed by atoms with Crippen LogP contribution in [-0.2, 0) is 17.8 Å². The maximum Gasteiger partial charge on any atom is 0.410 e. The van der Waals surface area contributed by atoms with Crippen LogP contribution in [0.25, 0.3) is 0 Å². The number of aryl methyl sites for hydroxylation is 1. The third-order valence-corrected chi connectivity index (χ3v) is 5.70. The minimum atomic E-state index is -2.92. The summed E-state index contributed by atoms with van der Waals surface area (Å²) in [5.41, 5.74) is 2.57. The van der Waals surface area contributed by atoms with Gasteiger partial charge in [0.1, 0.15) is 17.7 Å². The van der Waals surface area contributed by atoms with Gasteiger partial charge in [-0.05, 0) is 19.4 Å². The highest BCUT2D eigenvalue weighted by atomic mass is 19.3. The van der Waals surface area contributed by atoms with E-state index in [1.807, 2.05) is 11.8 Å². The molecule has 0 aromatic carbocycles. The Balaban J connectivity index is 1.17. The van der Waals surface area contributed by atoms with Crippen molar-refractivity contribution in [3.63, 3.8) is 0 Å². The molecular formula is C20H22F2N6O3. The first-order valence-corrected chi connectivity index (χ1v) is 10.2. The molecular weight excluding hydrogens is 410 g/mol. The van der Waals surface area contributed by atoms with Crippen LogP contribution in [0, 0.1) is 6.92 Å². The highest BCUT2D eigenvalue weighted by Gasteiger charge is 2.36. The Hall–Kier alpha value is -3.24. The lowest BCUT2D eigenvalue weighted by Gasteiger charge is -2.40. The van der Waals surface area contributed by atoms with E-state index in [2.05, 4.69) is 24.6 Å². The Labute approximate surface area is 177 Å². The van der Waals surface area contributed by atoms with E-state index in [-0.39, 0.29) is 18.1 Å². The number of alkyl halides is 2. The number of aromatic nitrogens is 3. The van der Waals surface area contributed by atoms with Crippen molar-refractivity contribution in [1.29, 1.82) is 0 Å². The summed E-state index contributed by atoms with van der Waals surface area (Å²) < 4.78 is 34.7. The quantitative estimate of drug-likeness (QED) is 0.712. The third kappa shape index (κ3) is 3.91. The smallest absolute Gasteiger partial charge is 0.410 e. The number of carbonyl (C=O) groups excluding carboxylic acids is 1. The summed E-state index contributed by atoms with van der Waals surface area (Å²) >= 11 is 0. The Morgan fingerprint density at radius 2 is 2.00 bits per heavy atom. The van der Waals surface area contributed by atoms with Crippen molar-refractivity contribution in [1.82, 2.24) is 19.9 Å².